The van der Waals surface area contributed by atoms with E-state index in [4.69, 9.17) is 14.6 Å². The van der Waals surface area contributed by atoms with Crippen LogP contribution in [0.1, 0.15) is 23.7 Å². The second-order valence-electron chi connectivity index (χ2n) is 4.53. The van der Waals surface area contributed by atoms with E-state index in [9.17, 15) is 18.4 Å². The first kappa shape index (κ1) is 18.8. The van der Waals surface area contributed by atoms with Crippen molar-refractivity contribution in [3.63, 3.8) is 0 Å². The number of hydrogen-bond acceptors (Lipinski definition) is 4. The van der Waals surface area contributed by atoms with E-state index in [-0.39, 0.29) is 17.9 Å². The van der Waals surface area contributed by atoms with Gasteiger partial charge in [-0.05, 0) is 19.1 Å². The Kier molecular flexibility index (Phi) is 7.96. The van der Waals surface area contributed by atoms with Crippen LogP contribution in [-0.4, -0.2) is 49.3 Å². The van der Waals surface area contributed by atoms with Gasteiger partial charge in [0.15, 0.2) is 0 Å². The molecule has 1 rings (SSSR count). The van der Waals surface area contributed by atoms with Crippen LogP contribution in [-0.2, 0) is 9.53 Å². The maximum atomic E-state index is 12.4. The van der Waals surface area contributed by atoms with Gasteiger partial charge in [-0.1, -0.05) is 12.1 Å². The summed E-state index contributed by atoms with van der Waals surface area (Å²) in [7, 11) is 0. The summed E-state index contributed by atoms with van der Waals surface area (Å²) in [4.78, 5) is 23.1. The SMILES string of the molecule is CCOCCOc1ccccc1C(=O)NC(CC(F)F)C(=O)O. The number of carbonyl (C=O) groups is 2. The monoisotopic (exact) mass is 331 g/mol. The first-order valence-corrected chi connectivity index (χ1v) is 7.07. The van der Waals surface area contributed by atoms with E-state index >= 15 is 0 Å². The van der Waals surface area contributed by atoms with Crippen molar-refractivity contribution in [2.24, 2.45) is 0 Å². The lowest BCUT2D eigenvalue weighted by Crippen LogP contribution is -2.42. The summed E-state index contributed by atoms with van der Waals surface area (Å²) >= 11 is 0. The van der Waals surface area contributed by atoms with Crippen molar-refractivity contribution in [1.82, 2.24) is 5.32 Å². The average Bonchev–Trinajstić information content (AvgIpc) is 2.50. The van der Waals surface area contributed by atoms with Crippen LogP contribution >= 0.6 is 0 Å². The number of benzene rings is 1. The third-order valence-corrected chi connectivity index (χ3v) is 2.84. The van der Waals surface area contributed by atoms with Crippen LogP contribution in [0.5, 0.6) is 5.75 Å². The van der Waals surface area contributed by atoms with Crippen LogP contribution in [0.15, 0.2) is 24.3 Å². The van der Waals surface area contributed by atoms with E-state index in [1.165, 1.54) is 12.1 Å². The summed E-state index contributed by atoms with van der Waals surface area (Å²) in [6.07, 6.45) is -3.80. The molecule has 6 nitrogen and oxygen atoms in total. The van der Waals surface area contributed by atoms with Crippen LogP contribution < -0.4 is 10.1 Å². The van der Waals surface area contributed by atoms with Crippen LogP contribution in [0.2, 0.25) is 0 Å². The number of hydrogen-bond donors (Lipinski definition) is 2. The highest BCUT2D eigenvalue weighted by Gasteiger charge is 2.25. The van der Waals surface area contributed by atoms with Gasteiger partial charge in [-0.2, -0.15) is 0 Å². The summed E-state index contributed by atoms with van der Waals surface area (Å²) in [5, 5.41) is 11.0. The van der Waals surface area contributed by atoms with Crippen molar-refractivity contribution in [3.8, 4) is 5.75 Å². The first-order chi connectivity index (χ1) is 11.0. The maximum absolute atomic E-state index is 12.4. The molecule has 1 amide bonds. The molecule has 2 N–H and O–H groups in total. The molecule has 1 aromatic carbocycles. The van der Waals surface area contributed by atoms with Crippen molar-refractivity contribution in [1.29, 1.82) is 0 Å². The molecule has 1 atom stereocenters. The largest absolute Gasteiger partial charge is 0.490 e. The summed E-state index contributed by atoms with van der Waals surface area (Å²) in [5.74, 6) is -2.08. The lowest BCUT2D eigenvalue weighted by Gasteiger charge is -2.16. The fourth-order valence-electron chi connectivity index (χ4n) is 1.77. The molecule has 1 aromatic rings. The average molecular weight is 331 g/mol. The van der Waals surface area contributed by atoms with E-state index < -0.39 is 30.8 Å². The molecule has 0 aliphatic rings. The highest BCUT2D eigenvalue weighted by atomic mass is 19.3. The topological polar surface area (TPSA) is 84.9 Å². The molecule has 0 aliphatic heterocycles. The van der Waals surface area contributed by atoms with E-state index in [0.717, 1.165) is 0 Å². The van der Waals surface area contributed by atoms with Gasteiger partial charge in [0, 0.05) is 13.0 Å². The lowest BCUT2D eigenvalue weighted by atomic mass is 10.1. The molecule has 0 heterocycles. The van der Waals surface area contributed by atoms with Crippen molar-refractivity contribution in [3.05, 3.63) is 29.8 Å². The van der Waals surface area contributed by atoms with Gasteiger partial charge < -0.3 is 19.9 Å². The van der Waals surface area contributed by atoms with Crippen LogP contribution in [0.4, 0.5) is 8.78 Å². The van der Waals surface area contributed by atoms with Crippen LogP contribution in [0.25, 0.3) is 0 Å². The Morgan fingerprint density at radius 3 is 2.57 bits per heavy atom. The second-order valence-corrected chi connectivity index (χ2v) is 4.53. The number of amides is 1. The zero-order valence-corrected chi connectivity index (χ0v) is 12.6. The molecule has 0 fully saturated rings. The first-order valence-electron chi connectivity index (χ1n) is 7.07. The highest BCUT2D eigenvalue weighted by Crippen LogP contribution is 2.18. The minimum Gasteiger partial charge on any atom is -0.490 e. The fourth-order valence-corrected chi connectivity index (χ4v) is 1.77. The number of alkyl halides is 2. The number of aliphatic carboxylic acids is 1. The minimum absolute atomic E-state index is 0.0736. The Morgan fingerprint density at radius 1 is 1.26 bits per heavy atom. The summed E-state index contributed by atoms with van der Waals surface area (Å²) in [6.45, 7) is 2.89. The van der Waals surface area contributed by atoms with Gasteiger partial charge >= 0.3 is 5.97 Å². The zero-order chi connectivity index (χ0) is 17.2. The quantitative estimate of drug-likeness (QED) is 0.640. The van der Waals surface area contributed by atoms with Gasteiger partial charge in [0.1, 0.15) is 18.4 Å². The smallest absolute Gasteiger partial charge is 0.326 e. The van der Waals surface area contributed by atoms with Gasteiger partial charge in [-0.3, -0.25) is 4.79 Å². The highest BCUT2D eigenvalue weighted by molar-refractivity contribution is 5.98. The second kappa shape index (κ2) is 9.73. The molecule has 1 unspecified atom stereocenters. The summed E-state index contributed by atoms with van der Waals surface area (Å²) in [5.41, 5.74) is 0.0736. The molecule has 23 heavy (non-hydrogen) atoms. The van der Waals surface area contributed by atoms with E-state index in [1.807, 2.05) is 6.92 Å². The van der Waals surface area contributed by atoms with Crippen molar-refractivity contribution < 1.29 is 33.0 Å². The van der Waals surface area contributed by atoms with Gasteiger partial charge in [0.05, 0.1) is 12.2 Å². The number of para-hydroxylation sites is 1. The molecule has 0 aliphatic carbocycles. The van der Waals surface area contributed by atoms with E-state index in [0.29, 0.717) is 13.2 Å². The summed E-state index contributed by atoms with van der Waals surface area (Å²) in [6, 6.07) is 4.49. The molecule has 0 saturated heterocycles. The summed E-state index contributed by atoms with van der Waals surface area (Å²) < 4.78 is 35.2. The zero-order valence-electron chi connectivity index (χ0n) is 12.6. The molecule has 0 radical (unpaired) electrons. The number of carbonyl (C=O) groups excluding carboxylic acids is 1. The normalized spacial score (nSPS) is 12.0. The number of carboxylic acids is 1. The molecule has 128 valence electrons. The predicted molar refractivity (Wildman–Crippen MR) is 77.9 cm³/mol. The third kappa shape index (κ3) is 6.60. The Bertz CT molecular complexity index is 524. The van der Waals surface area contributed by atoms with Gasteiger partial charge in [-0.15, -0.1) is 0 Å². The number of ether oxygens (including phenoxy) is 2. The lowest BCUT2D eigenvalue weighted by molar-refractivity contribution is -0.140. The number of rotatable bonds is 10. The molecular weight excluding hydrogens is 312 g/mol. The van der Waals surface area contributed by atoms with Crippen molar-refractivity contribution >= 4 is 11.9 Å². The molecule has 0 spiro atoms. The van der Waals surface area contributed by atoms with Gasteiger partial charge in [0.2, 0.25) is 6.43 Å². The number of halogens is 2. The molecule has 8 heteroatoms. The molecular formula is C15H19F2NO5. The van der Waals surface area contributed by atoms with Crippen LogP contribution in [0, 0.1) is 0 Å². The Balaban J connectivity index is 2.76. The van der Waals surface area contributed by atoms with E-state index in [1.54, 1.807) is 12.1 Å². The molecule has 0 saturated carbocycles. The van der Waals surface area contributed by atoms with E-state index in [2.05, 4.69) is 5.32 Å². The number of carboxylic acid groups (broad SMARTS) is 1. The maximum Gasteiger partial charge on any atom is 0.326 e. The number of nitrogens with one attached hydrogen (secondary N) is 1. The van der Waals surface area contributed by atoms with Crippen molar-refractivity contribution in [2.45, 2.75) is 25.8 Å². The van der Waals surface area contributed by atoms with Crippen LogP contribution in [0.3, 0.4) is 0 Å². The third-order valence-electron chi connectivity index (χ3n) is 2.84. The predicted octanol–water partition coefficient (Wildman–Crippen LogP) is 1.94. The Labute approximate surface area is 132 Å². The Hall–Kier alpha value is -2.22. The molecule has 0 bridgehead atoms. The van der Waals surface area contributed by atoms with Crippen molar-refractivity contribution in [2.75, 3.05) is 19.8 Å². The molecule has 0 aromatic heterocycles. The van der Waals surface area contributed by atoms with Gasteiger partial charge in [-0.25, -0.2) is 13.6 Å². The fraction of sp³-hybridized carbons (Fsp3) is 0.467. The minimum atomic E-state index is -2.84. The van der Waals surface area contributed by atoms with Gasteiger partial charge in [0.25, 0.3) is 5.91 Å². The standard InChI is InChI=1S/C15H19F2NO5/c1-2-22-7-8-23-12-6-4-3-5-10(12)14(19)18-11(15(20)21)9-13(16)17/h3-6,11,13H,2,7-9H2,1H3,(H,18,19)(H,20,21). The Morgan fingerprint density at radius 2 is 1.96 bits per heavy atom.